The summed E-state index contributed by atoms with van der Waals surface area (Å²) in [7, 11) is 0. The molecule has 1 saturated carbocycles. The third kappa shape index (κ3) is 4.60. The Hall–Kier alpha value is -1.88. The second kappa shape index (κ2) is 8.00. The number of nitrogens with zero attached hydrogens (tertiary/aromatic N) is 1. The first-order chi connectivity index (χ1) is 12.0. The highest BCUT2D eigenvalue weighted by Crippen LogP contribution is 2.36. The maximum absolute atomic E-state index is 12.6. The first kappa shape index (κ1) is 17.9. The van der Waals surface area contributed by atoms with Gasteiger partial charge < -0.3 is 10.6 Å². The lowest BCUT2D eigenvalue weighted by Crippen LogP contribution is -2.49. The minimum atomic E-state index is -0.113. The summed E-state index contributed by atoms with van der Waals surface area (Å²) in [5.41, 5.74) is 1.50. The van der Waals surface area contributed by atoms with Gasteiger partial charge in [-0.05, 0) is 62.4 Å². The first-order valence-corrected chi connectivity index (χ1v) is 9.45. The first-order valence-electron chi connectivity index (χ1n) is 9.45. The lowest BCUT2D eigenvalue weighted by Gasteiger charge is -2.43. The predicted molar refractivity (Wildman–Crippen MR) is 100 cm³/mol. The van der Waals surface area contributed by atoms with E-state index >= 15 is 0 Å². The average Bonchev–Trinajstić information content (AvgIpc) is 2.62. The lowest BCUT2D eigenvalue weighted by atomic mass is 9.75. The molecule has 136 valence electrons. The van der Waals surface area contributed by atoms with Crippen LogP contribution in [0, 0.1) is 11.8 Å². The smallest absolute Gasteiger partial charge is 0.241 e. The van der Waals surface area contributed by atoms with E-state index in [4.69, 9.17) is 0 Å². The van der Waals surface area contributed by atoms with Gasteiger partial charge in [-0.1, -0.05) is 19.3 Å². The number of amides is 2. The summed E-state index contributed by atoms with van der Waals surface area (Å²) in [6.07, 6.45) is 6.65. The van der Waals surface area contributed by atoms with Crippen LogP contribution in [0.1, 0.15) is 46.0 Å². The number of nitrogens with one attached hydrogen (secondary N) is 2. The molecule has 0 aromatic heterocycles. The van der Waals surface area contributed by atoms with Crippen molar-refractivity contribution in [3.05, 3.63) is 24.3 Å². The van der Waals surface area contributed by atoms with E-state index in [0.717, 1.165) is 36.3 Å². The van der Waals surface area contributed by atoms with Crippen molar-refractivity contribution in [2.75, 3.05) is 23.7 Å². The number of hydrogen-bond donors (Lipinski definition) is 2. The Balaban J connectivity index is 1.54. The van der Waals surface area contributed by atoms with Crippen molar-refractivity contribution in [2.24, 2.45) is 11.8 Å². The summed E-state index contributed by atoms with van der Waals surface area (Å²) in [6.45, 7) is 5.56. The van der Waals surface area contributed by atoms with Gasteiger partial charge in [-0.3, -0.25) is 14.5 Å². The van der Waals surface area contributed by atoms with Crippen molar-refractivity contribution < 1.29 is 9.59 Å². The summed E-state index contributed by atoms with van der Waals surface area (Å²) in [5.74, 6) is 1.59. The molecule has 1 heterocycles. The Morgan fingerprint density at radius 1 is 1.00 bits per heavy atom. The number of hydrogen-bond acceptors (Lipinski definition) is 3. The standard InChI is InChI=1S/C20H29N3O2/c1-14(23-12-11-16-5-3-4-6-17(16)13-23)20(25)22-19-9-7-18(8-10-19)21-15(2)24/h7-10,14,16-17H,3-6,11-13H2,1-2H3,(H,21,24)(H,22,25)/t14-,16-,17+/m0/s1. The molecule has 2 aliphatic rings. The average molecular weight is 343 g/mol. The van der Waals surface area contributed by atoms with Gasteiger partial charge >= 0.3 is 0 Å². The van der Waals surface area contributed by atoms with E-state index < -0.39 is 0 Å². The van der Waals surface area contributed by atoms with Gasteiger partial charge in [0.2, 0.25) is 11.8 Å². The van der Waals surface area contributed by atoms with Crippen LogP contribution < -0.4 is 10.6 Å². The predicted octanol–water partition coefficient (Wildman–Crippen LogP) is 3.48. The van der Waals surface area contributed by atoms with E-state index in [1.54, 1.807) is 12.1 Å². The summed E-state index contributed by atoms with van der Waals surface area (Å²) in [5, 5.41) is 5.72. The third-order valence-electron chi connectivity index (χ3n) is 5.72. The van der Waals surface area contributed by atoms with Gasteiger partial charge in [0.25, 0.3) is 0 Å². The monoisotopic (exact) mass is 343 g/mol. The van der Waals surface area contributed by atoms with Crippen LogP contribution in [0.25, 0.3) is 0 Å². The van der Waals surface area contributed by atoms with Crippen LogP contribution in [-0.2, 0) is 9.59 Å². The molecule has 0 radical (unpaired) electrons. The molecule has 0 spiro atoms. The molecule has 25 heavy (non-hydrogen) atoms. The number of likely N-dealkylation sites (tertiary alicyclic amines) is 1. The van der Waals surface area contributed by atoms with Crippen molar-refractivity contribution in [3.8, 4) is 0 Å². The number of anilines is 2. The van der Waals surface area contributed by atoms with Gasteiger partial charge in [0.15, 0.2) is 0 Å². The molecule has 5 heteroatoms. The fourth-order valence-electron chi connectivity index (χ4n) is 4.23. The number of carbonyl (C=O) groups excluding carboxylic acids is 2. The second-order valence-corrected chi connectivity index (χ2v) is 7.51. The molecule has 1 aromatic rings. The Labute approximate surface area is 150 Å². The van der Waals surface area contributed by atoms with Crippen LogP contribution in [0.2, 0.25) is 0 Å². The number of benzene rings is 1. The van der Waals surface area contributed by atoms with Gasteiger partial charge in [-0.15, -0.1) is 0 Å². The van der Waals surface area contributed by atoms with Crippen LogP contribution in [0.3, 0.4) is 0 Å². The van der Waals surface area contributed by atoms with Crippen molar-refractivity contribution in [3.63, 3.8) is 0 Å². The van der Waals surface area contributed by atoms with Gasteiger partial charge in [0.1, 0.15) is 0 Å². The quantitative estimate of drug-likeness (QED) is 0.880. The Kier molecular flexibility index (Phi) is 5.74. The van der Waals surface area contributed by atoms with Crippen LogP contribution in [-0.4, -0.2) is 35.8 Å². The van der Waals surface area contributed by atoms with Gasteiger partial charge in [-0.2, -0.15) is 0 Å². The van der Waals surface area contributed by atoms with E-state index in [1.807, 2.05) is 19.1 Å². The van der Waals surface area contributed by atoms with E-state index in [2.05, 4.69) is 15.5 Å². The fraction of sp³-hybridized carbons (Fsp3) is 0.600. The molecule has 3 rings (SSSR count). The summed E-state index contributed by atoms with van der Waals surface area (Å²) in [6, 6.07) is 7.13. The molecule has 2 N–H and O–H groups in total. The zero-order chi connectivity index (χ0) is 17.8. The zero-order valence-corrected chi connectivity index (χ0v) is 15.3. The van der Waals surface area contributed by atoms with Crippen molar-refractivity contribution in [2.45, 2.75) is 52.0 Å². The molecule has 1 aliphatic heterocycles. The minimum Gasteiger partial charge on any atom is -0.326 e. The van der Waals surface area contributed by atoms with E-state index in [1.165, 1.54) is 39.0 Å². The van der Waals surface area contributed by atoms with Crippen LogP contribution in [0.15, 0.2) is 24.3 Å². The maximum atomic E-state index is 12.6. The highest BCUT2D eigenvalue weighted by molar-refractivity contribution is 5.95. The van der Waals surface area contributed by atoms with E-state index in [-0.39, 0.29) is 17.9 Å². The van der Waals surface area contributed by atoms with Gasteiger partial charge in [0, 0.05) is 24.8 Å². The van der Waals surface area contributed by atoms with E-state index in [0.29, 0.717) is 0 Å². The van der Waals surface area contributed by atoms with Crippen LogP contribution in [0.4, 0.5) is 11.4 Å². The molecule has 1 aromatic carbocycles. The third-order valence-corrected chi connectivity index (χ3v) is 5.72. The lowest BCUT2D eigenvalue weighted by molar-refractivity contribution is -0.122. The molecule has 0 bridgehead atoms. The molecule has 0 unspecified atom stereocenters. The largest absolute Gasteiger partial charge is 0.326 e. The normalized spacial score (nSPS) is 24.9. The number of fused-ring (bicyclic) bond motifs is 1. The topological polar surface area (TPSA) is 61.4 Å². The van der Waals surface area contributed by atoms with Crippen molar-refractivity contribution in [1.82, 2.24) is 4.90 Å². The number of rotatable bonds is 4. The van der Waals surface area contributed by atoms with Gasteiger partial charge in [-0.25, -0.2) is 0 Å². The molecule has 3 atom stereocenters. The van der Waals surface area contributed by atoms with Crippen molar-refractivity contribution >= 4 is 23.2 Å². The molecule has 2 amide bonds. The summed E-state index contributed by atoms with van der Waals surface area (Å²) < 4.78 is 0. The Bertz CT molecular complexity index is 614. The van der Waals surface area contributed by atoms with Crippen molar-refractivity contribution in [1.29, 1.82) is 0 Å². The second-order valence-electron chi connectivity index (χ2n) is 7.51. The highest BCUT2D eigenvalue weighted by atomic mass is 16.2. The van der Waals surface area contributed by atoms with E-state index in [9.17, 15) is 9.59 Å². The van der Waals surface area contributed by atoms with Crippen LogP contribution >= 0.6 is 0 Å². The maximum Gasteiger partial charge on any atom is 0.241 e. The SMILES string of the molecule is CC(=O)Nc1ccc(NC(=O)[C@H](C)N2CC[C@@H]3CCCC[C@@H]3C2)cc1. The van der Waals surface area contributed by atoms with Crippen LogP contribution in [0.5, 0.6) is 0 Å². The zero-order valence-electron chi connectivity index (χ0n) is 15.3. The van der Waals surface area contributed by atoms with Gasteiger partial charge in [0.05, 0.1) is 6.04 Å². The Morgan fingerprint density at radius 2 is 1.60 bits per heavy atom. The summed E-state index contributed by atoms with van der Waals surface area (Å²) >= 11 is 0. The number of piperidine rings is 1. The minimum absolute atomic E-state index is 0.0431. The molecule has 2 fully saturated rings. The number of carbonyl (C=O) groups is 2. The molecule has 1 saturated heterocycles. The molecular weight excluding hydrogens is 314 g/mol. The molecule has 1 aliphatic carbocycles. The molecule has 5 nitrogen and oxygen atoms in total. The highest BCUT2D eigenvalue weighted by Gasteiger charge is 2.34. The molecular formula is C20H29N3O2. The Morgan fingerprint density at radius 3 is 2.24 bits per heavy atom. The fourth-order valence-corrected chi connectivity index (χ4v) is 4.23. The summed E-state index contributed by atoms with van der Waals surface area (Å²) in [4.78, 5) is 26.0.